The van der Waals surface area contributed by atoms with E-state index in [4.69, 9.17) is 9.47 Å². The summed E-state index contributed by atoms with van der Waals surface area (Å²) in [4.78, 5) is 38.2. The van der Waals surface area contributed by atoms with E-state index in [1.54, 1.807) is 0 Å². The van der Waals surface area contributed by atoms with Gasteiger partial charge in [-0.1, -0.05) is 6.07 Å². The fourth-order valence-corrected chi connectivity index (χ4v) is 4.49. The molecular weight excluding hydrogens is 386 g/mol. The number of rotatable bonds is 5. The van der Waals surface area contributed by atoms with Gasteiger partial charge in [-0.2, -0.15) is 9.97 Å². The number of hydrogen-bond acceptors (Lipinski definition) is 7. The summed E-state index contributed by atoms with van der Waals surface area (Å²) in [6, 6.07) is 5.60. The van der Waals surface area contributed by atoms with Gasteiger partial charge in [-0.15, -0.1) is 0 Å². The van der Waals surface area contributed by atoms with Gasteiger partial charge in [-0.25, -0.2) is 0 Å². The normalized spacial score (nSPS) is 20.1. The highest BCUT2D eigenvalue weighted by atomic mass is 16.5. The van der Waals surface area contributed by atoms with Crippen LogP contribution < -0.4 is 15.0 Å². The molecule has 30 heavy (non-hydrogen) atoms. The number of amides is 1. The topological polar surface area (TPSA) is 89.8 Å². The Bertz CT molecular complexity index is 997. The van der Waals surface area contributed by atoms with Crippen molar-refractivity contribution in [3.8, 4) is 11.9 Å². The summed E-state index contributed by atoms with van der Waals surface area (Å²) >= 11 is 0. The van der Waals surface area contributed by atoms with Crippen LogP contribution in [-0.2, 0) is 13.1 Å². The predicted molar refractivity (Wildman–Crippen MR) is 110 cm³/mol. The molecule has 2 aromatic rings. The Labute approximate surface area is 175 Å². The van der Waals surface area contributed by atoms with Crippen molar-refractivity contribution in [3.63, 3.8) is 0 Å². The molecular formula is C21H27N5O4. The molecule has 0 unspecified atom stereocenters. The highest BCUT2D eigenvalue weighted by Gasteiger charge is 2.37. The van der Waals surface area contributed by atoms with Crippen molar-refractivity contribution in [3.05, 3.63) is 45.5 Å². The van der Waals surface area contributed by atoms with E-state index in [9.17, 15) is 9.59 Å². The molecule has 4 rings (SSSR count). The van der Waals surface area contributed by atoms with Crippen molar-refractivity contribution in [1.82, 2.24) is 24.3 Å². The van der Waals surface area contributed by atoms with Crippen LogP contribution in [0.3, 0.4) is 0 Å². The molecule has 1 amide bonds. The molecule has 2 atom stereocenters. The van der Waals surface area contributed by atoms with Crippen LogP contribution in [0.15, 0.2) is 23.0 Å². The number of hydrogen-bond donors (Lipinski definition) is 0. The molecule has 4 heterocycles. The zero-order chi connectivity index (χ0) is 21.4. The molecule has 0 aromatic carbocycles. The van der Waals surface area contributed by atoms with Crippen LogP contribution in [0.4, 0.5) is 0 Å². The monoisotopic (exact) mass is 413 g/mol. The highest BCUT2D eigenvalue weighted by molar-refractivity contribution is 5.92. The molecule has 0 aliphatic carbocycles. The maximum absolute atomic E-state index is 13.2. The van der Waals surface area contributed by atoms with Gasteiger partial charge < -0.3 is 23.8 Å². The number of aromatic nitrogens is 3. The van der Waals surface area contributed by atoms with Gasteiger partial charge >= 0.3 is 6.01 Å². The van der Waals surface area contributed by atoms with Crippen LogP contribution in [0.25, 0.3) is 0 Å². The Hall–Kier alpha value is -2.94. The van der Waals surface area contributed by atoms with Crippen molar-refractivity contribution in [2.75, 3.05) is 41.4 Å². The zero-order valence-corrected chi connectivity index (χ0v) is 17.8. The second-order valence-electron chi connectivity index (χ2n) is 8.23. The van der Waals surface area contributed by atoms with Crippen LogP contribution in [-0.4, -0.2) is 71.6 Å². The van der Waals surface area contributed by atoms with Gasteiger partial charge in [0, 0.05) is 49.4 Å². The Kier molecular flexibility index (Phi) is 5.46. The molecule has 1 saturated heterocycles. The molecule has 2 bridgehead atoms. The second-order valence-corrected chi connectivity index (χ2v) is 8.23. The average Bonchev–Trinajstić information content (AvgIpc) is 2.74. The quantitative estimate of drug-likeness (QED) is 0.722. The Balaban J connectivity index is 1.60. The van der Waals surface area contributed by atoms with Crippen LogP contribution in [0.1, 0.15) is 34.1 Å². The lowest BCUT2D eigenvalue weighted by molar-refractivity contribution is 0.0586. The molecule has 1 fully saturated rings. The Morgan fingerprint density at radius 2 is 1.97 bits per heavy atom. The van der Waals surface area contributed by atoms with E-state index in [-0.39, 0.29) is 40.9 Å². The Morgan fingerprint density at radius 3 is 2.67 bits per heavy atom. The predicted octanol–water partition coefficient (Wildman–Crippen LogP) is 0.977. The number of methoxy groups -OCH3 is 2. The summed E-state index contributed by atoms with van der Waals surface area (Å²) in [6.07, 6.45) is 0.979. The first-order chi connectivity index (χ1) is 14.4. The van der Waals surface area contributed by atoms with Crippen LogP contribution >= 0.6 is 0 Å². The van der Waals surface area contributed by atoms with Gasteiger partial charge in [0.1, 0.15) is 5.69 Å². The average molecular weight is 413 g/mol. The molecule has 2 aliphatic heterocycles. The lowest BCUT2D eigenvalue weighted by Gasteiger charge is -2.42. The molecule has 0 spiro atoms. The number of piperidine rings is 1. The minimum absolute atomic E-state index is 0.0842. The van der Waals surface area contributed by atoms with Gasteiger partial charge in [0.05, 0.1) is 14.2 Å². The summed E-state index contributed by atoms with van der Waals surface area (Å²) in [7, 11) is 6.85. The van der Waals surface area contributed by atoms with Crippen molar-refractivity contribution in [2.24, 2.45) is 5.92 Å². The van der Waals surface area contributed by atoms with Crippen molar-refractivity contribution >= 4 is 5.91 Å². The lowest BCUT2D eigenvalue weighted by Crippen LogP contribution is -2.49. The fourth-order valence-electron chi connectivity index (χ4n) is 4.49. The van der Waals surface area contributed by atoms with Gasteiger partial charge in [0.2, 0.25) is 5.88 Å². The van der Waals surface area contributed by atoms with Crippen molar-refractivity contribution < 1.29 is 14.3 Å². The number of carbonyl (C=O) groups excluding carboxylic acids is 1. The molecule has 160 valence electrons. The second kappa shape index (κ2) is 8.06. The van der Waals surface area contributed by atoms with E-state index >= 15 is 0 Å². The third-order valence-electron chi connectivity index (χ3n) is 5.75. The standard InChI is InChI=1S/C21H27N5O4/c1-24(2)11-14-5-6-17-15-7-13(10-26(17)19(14)27)9-25(12-15)20(28)16-8-18(29-3)23-21(22-16)30-4/h5-6,8,13,15H,7,9-12H2,1-4H3/t13-,15+/m0/s1. The summed E-state index contributed by atoms with van der Waals surface area (Å²) in [5, 5.41) is 0. The third kappa shape index (κ3) is 3.77. The molecule has 2 aliphatic rings. The summed E-state index contributed by atoms with van der Waals surface area (Å²) in [6.45, 7) is 2.40. The molecule has 9 nitrogen and oxygen atoms in total. The summed E-state index contributed by atoms with van der Waals surface area (Å²) in [5.74, 6) is 0.475. The smallest absolute Gasteiger partial charge is 0.320 e. The van der Waals surface area contributed by atoms with E-state index in [0.717, 1.165) is 17.7 Å². The number of ether oxygens (including phenoxy) is 2. The van der Waals surface area contributed by atoms with Gasteiger partial charge in [-0.3, -0.25) is 9.59 Å². The maximum Gasteiger partial charge on any atom is 0.320 e. The van der Waals surface area contributed by atoms with E-state index in [2.05, 4.69) is 9.97 Å². The van der Waals surface area contributed by atoms with Gasteiger partial charge in [0.15, 0.2) is 0 Å². The van der Waals surface area contributed by atoms with E-state index < -0.39 is 0 Å². The van der Waals surface area contributed by atoms with Gasteiger partial charge in [-0.05, 0) is 32.5 Å². The number of likely N-dealkylation sites (tertiary alicyclic amines) is 1. The van der Waals surface area contributed by atoms with Crippen molar-refractivity contribution in [1.29, 1.82) is 0 Å². The minimum atomic E-state index is -0.177. The third-order valence-corrected chi connectivity index (χ3v) is 5.75. The number of carbonyl (C=O) groups is 1. The van der Waals surface area contributed by atoms with Crippen LogP contribution in [0.5, 0.6) is 11.9 Å². The maximum atomic E-state index is 13.2. The number of pyridine rings is 1. The molecule has 0 N–H and O–H groups in total. The van der Waals surface area contributed by atoms with E-state index in [1.165, 1.54) is 20.3 Å². The first-order valence-corrected chi connectivity index (χ1v) is 10.0. The Morgan fingerprint density at radius 1 is 1.17 bits per heavy atom. The first-order valence-electron chi connectivity index (χ1n) is 10.0. The zero-order valence-electron chi connectivity index (χ0n) is 17.8. The highest BCUT2D eigenvalue weighted by Crippen LogP contribution is 2.35. The van der Waals surface area contributed by atoms with E-state index in [1.807, 2.05) is 40.6 Å². The fraction of sp³-hybridized carbons (Fsp3) is 0.524. The lowest BCUT2D eigenvalue weighted by atomic mass is 9.83. The first kappa shape index (κ1) is 20.3. The molecule has 9 heteroatoms. The van der Waals surface area contributed by atoms with Crippen molar-refractivity contribution in [2.45, 2.75) is 25.4 Å². The molecule has 0 radical (unpaired) electrons. The SMILES string of the molecule is COc1cc(C(=O)N2C[C@@H]3C[C@H](C2)c2ccc(CN(C)C)c(=O)n2C3)nc(OC)n1. The van der Waals surface area contributed by atoms with Gasteiger partial charge in [0.25, 0.3) is 11.5 Å². The number of fused-ring (bicyclic) bond motifs is 4. The molecule has 2 aromatic heterocycles. The summed E-state index contributed by atoms with van der Waals surface area (Å²) in [5.41, 5.74) is 2.14. The van der Waals surface area contributed by atoms with Crippen LogP contribution in [0, 0.1) is 5.92 Å². The largest absolute Gasteiger partial charge is 0.481 e. The number of nitrogens with zero attached hydrogens (tertiary/aromatic N) is 5. The summed E-state index contributed by atoms with van der Waals surface area (Å²) < 4.78 is 12.2. The van der Waals surface area contributed by atoms with E-state index in [0.29, 0.717) is 26.2 Å². The van der Waals surface area contributed by atoms with Crippen LogP contribution in [0.2, 0.25) is 0 Å². The minimum Gasteiger partial charge on any atom is -0.481 e. The molecule has 0 saturated carbocycles.